The quantitative estimate of drug-likeness (QED) is 0.825. The van der Waals surface area contributed by atoms with Crippen LogP contribution in [0.4, 0.5) is 10.5 Å². The fraction of sp³-hybridized carbons (Fsp3) is 0.263. The number of carbonyl (C=O) groups is 2. The highest BCUT2D eigenvalue weighted by molar-refractivity contribution is 5.92. The molecule has 5 heteroatoms. The Balaban J connectivity index is 1.99. The first-order chi connectivity index (χ1) is 11.7. The highest BCUT2D eigenvalue weighted by Crippen LogP contribution is 2.14. The van der Waals surface area contributed by atoms with Gasteiger partial charge in [0.2, 0.25) is 0 Å². The van der Waals surface area contributed by atoms with E-state index in [0.29, 0.717) is 18.7 Å². The lowest BCUT2D eigenvalue weighted by Crippen LogP contribution is -2.40. The van der Waals surface area contributed by atoms with Crippen LogP contribution in [0.15, 0.2) is 54.6 Å². The summed E-state index contributed by atoms with van der Waals surface area (Å²) in [5, 5.41) is 2.92. The van der Waals surface area contributed by atoms with Gasteiger partial charge in [0, 0.05) is 18.8 Å². The molecule has 5 nitrogen and oxygen atoms in total. The largest absolute Gasteiger partial charge is 0.465 e. The van der Waals surface area contributed by atoms with Gasteiger partial charge in [-0.1, -0.05) is 37.3 Å². The van der Waals surface area contributed by atoms with Crippen LogP contribution in [-0.4, -0.2) is 25.7 Å². The normalized spacial score (nSPS) is 10.1. The molecule has 2 amide bonds. The van der Waals surface area contributed by atoms with E-state index in [4.69, 9.17) is 0 Å². The third kappa shape index (κ3) is 4.59. The third-order valence-electron chi connectivity index (χ3n) is 3.58. The Morgan fingerprint density at radius 1 is 1.04 bits per heavy atom. The minimum absolute atomic E-state index is 0.139. The minimum atomic E-state index is -0.371. The van der Waals surface area contributed by atoms with Crippen LogP contribution in [0, 0.1) is 0 Å². The summed E-state index contributed by atoms with van der Waals surface area (Å²) < 4.78 is 4.67. The number of amides is 2. The van der Waals surface area contributed by atoms with Crippen molar-refractivity contribution in [3.05, 3.63) is 65.7 Å². The average molecular weight is 326 g/mol. The highest BCUT2D eigenvalue weighted by atomic mass is 16.5. The van der Waals surface area contributed by atoms with Gasteiger partial charge >= 0.3 is 12.0 Å². The summed E-state index contributed by atoms with van der Waals surface area (Å²) in [5.41, 5.74) is 2.28. The van der Waals surface area contributed by atoms with Crippen LogP contribution in [0.2, 0.25) is 0 Å². The van der Waals surface area contributed by atoms with Crippen LogP contribution in [0.25, 0.3) is 0 Å². The van der Waals surface area contributed by atoms with Crippen molar-refractivity contribution in [2.75, 3.05) is 18.6 Å². The molecule has 0 aliphatic rings. The maximum absolute atomic E-state index is 12.5. The van der Waals surface area contributed by atoms with Crippen molar-refractivity contribution in [2.24, 2.45) is 0 Å². The van der Waals surface area contributed by atoms with Crippen LogP contribution in [0.1, 0.15) is 29.3 Å². The molecule has 2 aromatic carbocycles. The molecule has 0 aliphatic carbocycles. The molecule has 0 saturated carbocycles. The van der Waals surface area contributed by atoms with E-state index in [9.17, 15) is 9.59 Å². The van der Waals surface area contributed by atoms with Crippen LogP contribution in [0.3, 0.4) is 0 Å². The lowest BCUT2D eigenvalue weighted by Gasteiger charge is -2.22. The summed E-state index contributed by atoms with van der Waals surface area (Å²) in [6.45, 7) is 3.08. The standard InChI is InChI=1S/C19H22N2O3/c1-3-13-21(17-7-5-4-6-8-17)19(23)20-14-15-9-11-16(12-10-15)18(22)24-2/h4-12H,3,13-14H2,1-2H3,(H,20,23). The number of esters is 1. The highest BCUT2D eigenvalue weighted by Gasteiger charge is 2.14. The van der Waals surface area contributed by atoms with Crippen LogP contribution in [0.5, 0.6) is 0 Å². The molecule has 2 aromatic rings. The molecule has 0 aromatic heterocycles. The summed E-state index contributed by atoms with van der Waals surface area (Å²) in [4.78, 5) is 25.6. The Kier molecular flexibility index (Phi) is 6.37. The Hall–Kier alpha value is -2.82. The maximum Gasteiger partial charge on any atom is 0.337 e. The molecule has 2 rings (SSSR count). The molecule has 24 heavy (non-hydrogen) atoms. The maximum atomic E-state index is 12.5. The first-order valence-corrected chi connectivity index (χ1v) is 7.93. The van der Waals surface area contributed by atoms with Gasteiger partial charge in [-0.05, 0) is 36.2 Å². The summed E-state index contributed by atoms with van der Waals surface area (Å²) in [7, 11) is 1.35. The number of anilines is 1. The summed E-state index contributed by atoms with van der Waals surface area (Å²) >= 11 is 0. The molecule has 0 bridgehead atoms. The van der Waals surface area contributed by atoms with Crippen molar-refractivity contribution in [3.63, 3.8) is 0 Å². The van der Waals surface area contributed by atoms with Gasteiger partial charge in [0.25, 0.3) is 0 Å². The number of nitrogens with one attached hydrogen (secondary N) is 1. The zero-order valence-corrected chi connectivity index (χ0v) is 14.0. The molecular weight excluding hydrogens is 304 g/mol. The van der Waals surface area contributed by atoms with E-state index in [1.807, 2.05) is 37.3 Å². The molecule has 0 fully saturated rings. The number of rotatable bonds is 6. The lowest BCUT2D eigenvalue weighted by molar-refractivity contribution is 0.0600. The second kappa shape index (κ2) is 8.72. The monoisotopic (exact) mass is 326 g/mol. The molecule has 0 spiro atoms. The van der Waals surface area contributed by atoms with Crippen LogP contribution < -0.4 is 10.2 Å². The molecule has 0 unspecified atom stereocenters. The van der Waals surface area contributed by atoms with Gasteiger partial charge < -0.3 is 10.1 Å². The van der Waals surface area contributed by atoms with Crippen LogP contribution >= 0.6 is 0 Å². The van der Waals surface area contributed by atoms with E-state index in [2.05, 4.69) is 10.1 Å². The Bertz CT molecular complexity index is 669. The van der Waals surface area contributed by atoms with E-state index in [1.165, 1.54) is 7.11 Å². The Morgan fingerprint density at radius 2 is 1.71 bits per heavy atom. The smallest absolute Gasteiger partial charge is 0.337 e. The number of hydrogen-bond donors (Lipinski definition) is 1. The second-order valence-electron chi connectivity index (χ2n) is 5.33. The fourth-order valence-electron chi connectivity index (χ4n) is 2.33. The van der Waals surface area contributed by atoms with E-state index in [0.717, 1.165) is 17.7 Å². The topological polar surface area (TPSA) is 58.6 Å². The van der Waals surface area contributed by atoms with E-state index in [-0.39, 0.29) is 12.0 Å². The molecule has 0 atom stereocenters. The number of methoxy groups -OCH3 is 1. The molecular formula is C19H22N2O3. The van der Waals surface area contributed by atoms with Gasteiger partial charge in [-0.15, -0.1) is 0 Å². The number of hydrogen-bond acceptors (Lipinski definition) is 3. The van der Waals surface area contributed by atoms with Gasteiger partial charge in [-0.25, -0.2) is 9.59 Å². The number of benzene rings is 2. The van der Waals surface area contributed by atoms with Gasteiger partial charge in [0.05, 0.1) is 12.7 Å². The van der Waals surface area contributed by atoms with Crippen molar-refractivity contribution in [1.29, 1.82) is 0 Å². The molecule has 126 valence electrons. The number of carbonyl (C=O) groups excluding carboxylic acids is 2. The van der Waals surface area contributed by atoms with E-state index < -0.39 is 0 Å². The van der Waals surface area contributed by atoms with Gasteiger partial charge in [0.15, 0.2) is 0 Å². The predicted molar refractivity (Wildman–Crippen MR) is 94.1 cm³/mol. The number of ether oxygens (including phenoxy) is 1. The fourth-order valence-corrected chi connectivity index (χ4v) is 2.33. The SMILES string of the molecule is CCCN(C(=O)NCc1ccc(C(=O)OC)cc1)c1ccccc1. The lowest BCUT2D eigenvalue weighted by atomic mass is 10.1. The first-order valence-electron chi connectivity index (χ1n) is 7.93. The van der Waals surface area contributed by atoms with Crippen LogP contribution in [-0.2, 0) is 11.3 Å². The molecule has 1 N–H and O–H groups in total. The Morgan fingerprint density at radius 3 is 2.29 bits per heavy atom. The molecule has 0 aliphatic heterocycles. The number of nitrogens with zero attached hydrogens (tertiary/aromatic N) is 1. The van der Waals surface area contributed by atoms with Crippen molar-refractivity contribution < 1.29 is 14.3 Å². The third-order valence-corrected chi connectivity index (χ3v) is 3.58. The summed E-state index contributed by atoms with van der Waals surface area (Å²) in [5.74, 6) is -0.371. The van der Waals surface area contributed by atoms with Crippen molar-refractivity contribution in [1.82, 2.24) is 5.32 Å². The first kappa shape index (κ1) is 17.5. The summed E-state index contributed by atoms with van der Waals surface area (Å²) in [6, 6.07) is 16.4. The zero-order valence-electron chi connectivity index (χ0n) is 14.0. The molecule has 0 saturated heterocycles. The number of para-hydroxylation sites is 1. The average Bonchev–Trinajstić information content (AvgIpc) is 2.64. The molecule has 0 heterocycles. The zero-order chi connectivity index (χ0) is 17.4. The Labute approximate surface area is 142 Å². The van der Waals surface area contributed by atoms with Crippen molar-refractivity contribution in [2.45, 2.75) is 19.9 Å². The van der Waals surface area contributed by atoms with Gasteiger partial charge in [-0.3, -0.25) is 4.90 Å². The van der Waals surface area contributed by atoms with Gasteiger partial charge in [0.1, 0.15) is 0 Å². The summed E-state index contributed by atoms with van der Waals surface area (Å²) in [6.07, 6.45) is 0.871. The van der Waals surface area contributed by atoms with E-state index >= 15 is 0 Å². The van der Waals surface area contributed by atoms with Gasteiger partial charge in [-0.2, -0.15) is 0 Å². The minimum Gasteiger partial charge on any atom is -0.465 e. The van der Waals surface area contributed by atoms with Crippen molar-refractivity contribution in [3.8, 4) is 0 Å². The van der Waals surface area contributed by atoms with Crippen molar-refractivity contribution >= 4 is 17.7 Å². The number of urea groups is 1. The second-order valence-corrected chi connectivity index (χ2v) is 5.33. The van der Waals surface area contributed by atoms with E-state index in [1.54, 1.807) is 29.2 Å². The molecule has 0 radical (unpaired) electrons. The predicted octanol–water partition coefficient (Wildman–Crippen LogP) is 3.60.